The maximum absolute atomic E-state index is 12.9. The normalized spacial score (nSPS) is 16.2. The zero-order valence-corrected chi connectivity index (χ0v) is 15.3. The number of esters is 1. The van der Waals surface area contributed by atoms with Gasteiger partial charge in [-0.1, -0.05) is 30.3 Å². The molecule has 0 unspecified atom stereocenters. The lowest BCUT2D eigenvalue weighted by molar-refractivity contribution is -0.140. The number of allylic oxidation sites excluding steroid dienone is 1. The molecule has 0 saturated carbocycles. The number of ether oxygens (including phenoxy) is 1. The van der Waals surface area contributed by atoms with Crippen LogP contribution in [-0.4, -0.2) is 20.7 Å². The van der Waals surface area contributed by atoms with Gasteiger partial charge in [0.05, 0.1) is 5.57 Å². The molecule has 1 aliphatic heterocycles. The van der Waals surface area contributed by atoms with Crippen LogP contribution in [0, 0.1) is 6.92 Å². The van der Waals surface area contributed by atoms with Crippen molar-refractivity contribution in [2.75, 3.05) is 5.32 Å². The molecule has 0 bridgehead atoms. The standard InChI is InChI=1S/C19H18N4O2S/c1-12-8-9-15(26-12)17-16(13(2)22-19-20-11-21-23(17)19)18(24)25-10-14-6-4-3-5-7-14/h3-9,11,17H,10H2,1-2H3,(H,20,21,22)/t17-/m0/s1. The smallest absolute Gasteiger partial charge is 0.338 e. The summed E-state index contributed by atoms with van der Waals surface area (Å²) in [7, 11) is 0. The first kappa shape index (κ1) is 16.5. The summed E-state index contributed by atoms with van der Waals surface area (Å²) in [5.74, 6) is 0.272. The second-order valence-electron chi connectivity index (χ2n) is 6.10. The minimum absolute atomic E-state index is 0.233. The van der Waals surface area contributed by atoms with E-state index in [1.807, 2.05) is 56.3 Å². The summed E-state index contributed by atoms with van der Waals surface area (Å²) >= 11 is 1.64. The zero-order chi connectivity index (χ0) is 18.1. The van der Waals surface area contributed by atoms with Crippen LogP contribution in [0.1, 0.15) is 28.3 Å². The number of nitrogens with zero attached hydrogens (tertiary/aromatic N) is 3. The molecule has 1 aromatic carbocycles. The van der Waals surface area contributed by atoms with Crippen LogP contribution >= 0.6 is 11.3 Å². The maximum atomic E-state index is 12.9. The van der Waals surface area contributed by atoms with Gasteiger partial charge in [-0.15, -0.1) is 11.3 Å². The highest BCUT2D eigenvalue weighted by Gasteiger charge is 2.35. The second kappa shape index (κ2) is 6.76. The quantitative estimate of drug-likeness (QED) is 0.714. The largest absolute Gasteiger partial charge is 0.457 e. The first-order valence-corrected chi connectivity index (χ1v) is 9.10. The molecule has 0 saturated heterocycles. The molecule has 26 heavy (non-hydrogen) atoms. The Hall–Kier alpha value is -2.93. The Morgan fingerprint density at radius 2 is 2.04 bits per heavy atom. The van der Waals surface area contributed by atoms with Gasteiger partial charge in [-0.2, -0.15) is 10.1 Å². The molecular formula is C19H18N4O2S. The van der Waals surface area contributed by atoms with Gasteiger partial charge in [-0.25, -0.2) is 9.48 Å². The van der Waals surface area contributed by atoms with Crippen molar-refractivity contribution in [2.45, 2.75) is 26.5 Å². The molecule has 2 aromatic heterocycles. The van der Waals surface area contributed by atoms with Crippen LogP contribution in [0.4, 0.5) is 5.95 Å². The number of carbonyl (C=O) groups excluding carboxylic acids is 1. The first-order valence-electron chi connectivity index (χ1n) is 8.28. The Morgan fingerprint density at radius 1 is 1.23 bits per heavy atom. The van der Waals surface area contributed by atoms with Crippen molar-refractivity contribution in [3.63, 3.8) is 0 Å². The number of thiophene rings is 1. The molecular weight excluding hydrogens is 348 g/mol. The van der Waals surface area contributed by atoms with Crippen molar-refractivity contribution in [3.8, 4) is 0 Å². The summed E-state index contributed by atoms with van der Waals surface area (Å²) in [5.41, 5.74) is 2.24. The van der Waals surface area contributed by atoms with Gasteiger partial charge < -0.3 is 10.1 Å². The Kier molecular flexibility index (Phi) is 4.30. The number of carbonyl (C=O) groups is 1. The SMILES string of the molecule is CC1=C(C(=O)OCc2ccccc2)[C@H](c2ccc(C)s2)n2ncnc2N1. The molecule has 6 nitrogen and oxygen atoms in total. The molecule has 0 fully saturated rings. The van der Waals surface area contributed by atoms with E-state index in [-0.39, 0.29) is 18.6 Å². The fourth-order valence-electron chi connectivity index (χ4n) is 3.02. The summed E-state index contributed by atoms with van der Waals surface area (Å²) in [5, 5.41) is 7.47. The summed E-state index contributed by atoms with van der Waals surface area (Å²) < 4.78 is 7.33. The molecule has 0 spiro atoms. The highest BCUT2D eigenvalue weighted by molar-refractivity contribution is 7.12. The van der Waals surface area contributed by atoms with Crippen LogP contribution in [0.15, 0.2) is 60.1 Å². The van der Waals surface area contributed by atoms with Gasteiger partial charge in [0.2, 0.25) is 5.95 Å². The van der Waals surface area contributed by atoms with E-state index in [4.69, 9.17) is 4.74 Å². The third-order valence-corrected chi connectivity index (χ3v) is 5.31. The lowest BCUT2D eigenvalue weighted by Crippen LogP contribution is -2.29. The van der Waals surface area contributed by atoms with Crippen LogP contribution in [0.25, 0.3) is 0 Å². The summed E-state index contributed by atoms with van der Waals surface area (Å²) in [6.07, 6.45) is 1.49. The highest BCUT2D eigenvalue weighted by Crippen LogP contribution is 2.38. The Morgan fingerprint density at radius 3 is 2.77 bits per heavy atom. The Balaban J connectivity index is 1.66. The van der Waals surface area contributed by atoms with Gasteiger partial charge in [0, 0.05) is 15.5 Å². The van der Waals surface area contributed by atoms with Crippen molar-refractivity contribution in [3.05, 3.63) is 75.4 Å². The monoisotopic (exact) mass is 366 g/mol. The van der Waals surface area contributed by atoms with E-state index in [0.717, 1.165) is 16.1 Å². The number of nitrogens with one attached hydrogen (secondary N) is 1. The fourth-order valence-corrected chi connectivity index (χ4v) is 3.99. The van der Waals surface area contributed by atoms with E-state index in [2.05, 4.69) is 15.4 Å². The van der Waals surface area contributed by atoms with Gasteiger partial charge in [-0.3, -0.25) is 0 Å². The summed E-state index contributed by atoms with van der Waals surface area (Å²) in [4.78, 5) is 19.4. The molecule has 4 rings (SSSR count). The second-order valence-corrected chi connectivity index (χ2v) is 7.42. The van der Waals surface area contributed by atoms with E-state index >= 15 is 0 Å². The predicted octanol–water partition coefficient (Wildman–Crippen LogP) is 3.68. The number of aryl methyl sites for hydroxylation is 1. The average Bonchev–Trinajstić information content (AvgIpc) is 3.28. The average molecular weight is 366 g/mol. The van der Waals surface area contributed by atoms with Crippen LogP contribution in [0.2, 0.25) is 0 Å². The van der Waals surface area contributed by atoms with E-state index in [9.17, 15) is 4.79 Å². The van der Waals surface area contributed by atoms with E-state index in [1.165, 1.54) is 11.2 Å². The fraction of sp³-hybridized carbons (Fsp3) is 0.211. The molecule has 3 aromatic rings. The summed E-state index contributed by atoms with van der Waals surface area (Å²) in [6, 6.07) is 13.4. The molecule has 3 heterocycles. The van der Waals surface area contributed by atoms with Crippen molar-refractivity contribution >= 4 is 23.3 Å². The minimum atomic E-state index is -0.351. The minimum Gasteiger partial charge on any atom is -0.457 e. The third kappa shape index (κ3) is 3.01. The maximum Gasteiger partial charge on any atom is 0.338 e. The number of hydrogen-bond donors (Lipinski definition) is 1. The zero-order valence-electron chi connectivity index (χ0n) is 14.5. The van der Waals surface area contributed by atoms with E-state index in [0.29, 0.717) is 11.5 Å². The molecule has 132 valence electrons. The van der Waals surface area contributed by atoms with Gasteiger partial charge in [0.1, 0.15) is 19.0 Å². The van der Waals surface area contributed by atoms with E-state index in [1.54, 1.807) is 16.0 Å². The predicted molar refractivity (Wildman–Crippen MR) is 99.8 cm³/mol. The van der Waals surface area contributed by atoms with Crippen LogP contribution in [0.5, 0.6) is 0 Å². The molecule has 0 amide bonds. The van der Waals surface area contributed by atoms with E-state index < -0.39 is 0 Å². The Labute approximate surface area is 155 Å². The number of fused-ring (bicyclic) bond motifs is 1. The number of rotatable bonds is 4. The van der Waals surface area contributed by atoms with Gasteiger partial charge in [-0.05, 0) is 31.5 Å². The molecule has 7 heteroatoms. The molecule has 1 atom stereocenters. The molecule has 0 radical (unpaired) electrons. The number of aromatic nitrogens is 3. The lowest BCUT2D eigenvalue weighted by atomic mass is 10.0. The van der Waals surface area contributed by atoms with Crippen molar-refractivity contribution in [1.29, 1.82) is 0 Å². The van der Waals surface area contributed by atoms with Crippen molar-refractivity contribution in [1.82, 2.24) is 14.8 Å². The molecule has 0 aliphatic carbocycles. The van der Waals surface area contributed by atoms with Gasteiger partial charge >= 0.3 is 5.97 Å². The van der Waals surface area contributed by atoms with Crippen LogP contribution in [0.3, 0.4) is 0 Å². The van der Waals surface area contributed by atoms with Gasteiger partial charge in [0.25, 0.3) is 0 Å². The lowest BCUT2D eigenvalue weighted by Gasteiger charge is -2.27. The van der Waals surface area contributed by atoms with Crippen LogP contribution in [-0.2, 0) is 16.1 Å². The number of benzene rings is 1. The van der Waals surface area contributed by atoms with Crippen molar-refractivity contribution < 1.29 is 9.53 Å². The molecule has 1 N–H and O–H groups in total. The Bertz CT molecular complexity index is 974. The first-order chi connectivity index (χ1) is 12.6. The molecule has 1 aliphatic rings. The number of hydrogen-bond acceptors (Lipinski definition) is 6. The highest BCUT2D eigenvalue weighted by atomic mass is 32.1. The van der Waals surface area contributed by atoms with Crippen LogP contribution < -0.4 is 5.32 Å². The van der Waals surface area contributed by atoms with Crippen molar-refractivity contribution in [2.24, 2.45) is 0 Å². The third-order valence-electron chi connectivity index (χ3n) is 4.26. The number of anilines is 1. The van der Waals surface area contributed by atoms with Gasteiger partial charge in [0.15, 0.2) is 0 Å². The summed E-state index contributed by atoms with van der Waals surface area (Å²) in [6.45, 7) is 4.14. The topological polar surface area (TPSA) is 69.0 Å².